The maximum absolute atomic E-state index is 12.4. The number of rotatable bonds is 7. The number of oxazole rings is 1. The van der Waals surface area contributed by atoms with Crippen molar-refractivity contribution in [1.29, 1.82) is 0 Å². The number of halogens is 1. The molecule has 1 atom stereocenters. The molecule has 1 aromatic rings. The Morgan fingerprint density at radius 3 is 2.57 bits per heavy atom. The zero-order chi connectivity index (χ0) is 17.3. The third-order valence-electron chi connectivity index (χ3n) is 3.94. The molecule has 1 aliphatic rings. The fourth-order valence-electron chi connectivity index (χ4n) is 2.50. The van der Waals surface area contributed by atoms with Gasteiger partial charge >= 0.3 is 11.9 Å². The molecule has 0 aliphatic heterocycles. The van der Waals surface area contributed by atoms with E-state index in [2.05, 4.69) is 20.9 Å². The minimum Gasteiger partial charge on any atom is -0.469 e. The van der Waals surface area contributed by atoms with Gasteiger partial charge in [0.25, 0.3) is 0 Å². The zero-order valence-electron chi connectivity index (χ0n) is 13.8. The molecule has 0 spiro atoms. The van der Waals surface area contributed by atoms with Crippen LogP contribution in [0.25, 0.3) is 0 Å². The van der Waals surface area contributed by atoms with Gasteiger partial charge in [-0.1, -0.05) is 15.9 Å². The van der Waals surface area contributed by atoms with Crippen molar-refractivity contribution in [3.63, 3.8) is 0 Å². The summed E-state index contributed by atoms with van der Waals surface area (Å²) in [5.74, 6) is -0.307. The SMILES string of the molecule is CCOC(=O)C(Br)(c1nc(CC(C)(C)C(=O)OC)co1)C1CC1. The second-order valence-electron chi connectivity index (χ2n) is 6.40. The molecule has 0 saturated heterocycles. The number of aromatic nitrogens is 1. The maximum Gasteiger partial charge on any atom is 0.332 e. The smallest absolute Gasteiger partial charge is 0.332 e. The van der Waals surface area contributed by atoms with Gasteiger partial charge < -0.3 is 13.9 Å². The van der Waals surface area contributed by atoms with Crippen LogP contribution < -0.4 is 0 Å². The number of esters is 2. The minimum absolute atomic E-state index is 0.113. The Labute approximate surface area is 144 Å². The number of carbonyl (C=O) groups excluding carboxylic acids is 2. The second-order valence-corrected chi connectivity index (χ2v) is 7.65. The number of alkyl halides is 1. The summed E-state index contributed by atoms with van der Waals surface area (Å²) in [5, 5.41) is 0. The van der Waals surface area contributed by atoms with Crippen LogP contribution in [0, 0.1) is 11.3 Å². The van der Waals surface area contributed by atoms with Gasteiger partial charge in [0.15, 0.2) is 0 Å². The Hall–Kier alpha value is -1.37. The van der Waals surface area contributed by atoms with Crippen LogP contribution in [0.5, 0.6) is 0 Å². The van der Waals surface area contributed by atoms with Crippen molar-refractivity contribution in [2.45, 2.75) is 44.4 Å². The van der Waals surface area contributed by atoms with Gasteiger partial charge in [-0.3, -0.25) is 4.79 Å². The van der Waals surface area contributed by atoms with Crippen molar-refractivity contribution in [2.75, 3.05) is 13.7 Å². The third kappa shape index (κ3) is 3.59. The van der Waals surface area contributed by atoms with E-state index in [1.807, 2.05) is 0 Å². The van der Waals surface area contributed by atoms with Crippen LogP contribution in [-0.2, 0) is 29.8 Å². The Balaban J connectivity index is 2.23. The molecule has 0 N–H and O–H groups in total. The lowest BCUT2D eigenvalue weighted by atomic mass is 9.88. The van der Waals surface area contributed by atoms with Crippen molar-refractivity contribution in [1.82, 2.24) is 4.98 Å². The number of hydrogen-bond acceptors (Lipinski definition) is 6. The summed E-state index contributed by atoms with van der Waals surface area (Å²) in [4.78, 5) is 28.6. The summed E-state index contributed by atoms with van der Waals surface area (Å²) in [6.45, 7) is 5.61. The summed E-state index contributed by atoms with van der Waals surface area (Å²) >= 11 is 3.50. The van der Waals surface area contributed by atoms with E-state index in [4.69, 9.17) is 13.9 Å². The third-order valence-corrected chi connectivity index (χ3v) is 5.25. The quantitative estimate of drug-likeness (QED) is 0.528. The van der Waals surface area contributed by atoms with Gasteiger partial charge in [0, 0.05) is 6.42 Å². The van der Waals surface area contributed by atoms with Gasteiger partial charge in [0.1, 0.15) is 6.26 Å². The average molecular weight is 388 g/mol. The molecule has 7 heteroatoms. The van der Waals surface area contributed by atoms with E-state index in [0.29, 0.717) is 18.7 Å². The molecule has 0 bridgehead atoms. The number of ether oxygens (including phenoxy) is 2. The molecule has 0 radical (unpaired) electrons. The lowest BCUT2D eigenvalue weighted by molar-refractivity contribution is -0.150. The van der Waals surface area contributed by atoms with Crippen LogP contribution in [0.2, 0.25) is 0 Å². The van der Waals surface area contributed by atoms with Crippen LogP contribution in [0.4, 0.5) is 0 Å². The largest absolute Gasteiger partial charge is 0.469 e. The molecule has 128 valence electrons. The van der Waals surface area contributed by atoms with Gasteiger partial charge in [-0.2, -0.15) is 0 Å². The van der Waals surface area contributed by atoms with Crippen LogP contribution in [0.15, 0.2) is 10.7 Å². The number of carbonyl (C=O) groups is 2. The molecule has 0 aromatic carbocycles. The van der Waals surface area contributed by atoms with E-state index in [9.17, 15) is 9.59 Å². The Morgan fingerprint density at radius 2 is 2.04 bits per heavy atom. The van der Waals surface area contributed by atoms with Crippen LogP contribution >= 0.6 is 15.9 Å². The first-order valence-corrected chi connectivity index (χ1v) is 8.44. The first kappa shape index (κ1) is 18.0. The fraction of sp³-hybridized carbons (Fsp3) is 0.688. The van der Waals surface area contributed by atoms with Gasteiger partial charge in [-0.05, 0) is 39.5 Å². The Kier molecular flexibility index (Phi) is 5.18. The Morgan fingerprint density at radius 1 is 1.39 bits per heavy atom. The van der Waals surface area contributed by atoms with Gasteiger partial charge in [-0.15, -0.1) is 0 Å². The predicted molar refractivity (Wildman–Crippen MR) is 86.0 cm³/mol. The number of methoxy groups -OCH3 is 1. The van der Waals surface area contributed by atoms with E-state index in [1.165, 1.54) is 13.4 Å². The molecule has 1 aliphatic carbocycles. The second kappa shape index (κ2) is 6.63. The monoisotopic (exact) mass is 387 g/mol. The van der Waals surface area contributed by atoms with Crippen molar-refractivity contribution < 1.29 is 23.5 Å². The highest BCUT2D eigenvalue weighted by Gasteiger charge is 2.55. The van der Waals surface area contributed by atoms with Crippen molar-refractivity contribution in [3.8, 4) is 0 Å². The first-order chi connectivity index (χ1) is 10.8. The fourth-order valence-corrected chi connectivity index (χ4v) is 3.26. The highest BCUT2D eigenvalue weighted by atomic mass is 79.9. The molecule has 0 amide bonds. The van der Waals surface area contributed by atoms with E-state index in [-0.39, 0.29) is 23.7 Å². The summed E-state index contributed by atoms with van der Waals surface area (Å²) < 4.78 is 14.5. The van der Waals surface area contributed by atoms with Crippen molar-refractivity contribution in [3.05, 3.63) is 17.8 Å². The summed E-state index contributed by atoms with van der Waals surface area (Å²) in [6, 6.07) is 0. The topological polar surface area (TPSA) is 78.6 Å². The molecule has 6 nitrogen and oxygen atoms in total. The Bertz CT molecular complexity index is 593. The zero-order valence-corrected chi connectivity index (χ0v) is 15.4. The number of hydrogen-bond donors (Lipinski definition) is 0. The molecule has 1 saturated carbocycles. The van der Waals surface area contributed by atoms with Crippen molar-refractivity contribution in [2.24, 2.45) is 11.3 Å². The maximum atomic E-state index is 12.4. The summed E-state index contributed by atoms with van der Waals surface area (Å²) in [7, 11) is 1.36. The molecule has 1 unspecified atom stereocenters. The van der Waals surface area contributed by atoms with Crippen LogP contribution in [0.1, 0.15) is 45.2 Å². The summed E-state index contributed by atoms with van der Waals surface area (Å²) in [5.41, 5.74) is -0.120. The molecular formula is C16H22BrNO5. The van der Waals surface area contributed by atoms with E-state index in [0.717, 1.165) is 12.8 Å². The highest BCUT2D eigenvalue weighted by molar-refractivity contribution is 9.10. The molecule has 2 rings (SSSR count). The molecule has 1 fully saturated rings. The van der Waals surface area contributed by atoms with Crippen LogP contribution in [-0.4, -0.2) is 30.6 Å². The van der Waals surface area contributed by atoms with Gasteiger partial charge in [0.05, 0.1) is 24.8 Å². The van der Waals surface area contributed by atoms with Crippen molar-refractivity contribution >= 4 is 27.9 Å². The first-order valence-electron chi connectivity index (χ1n) is 7.65. The highest BCUT2D eigenvalue weighted by Crippen LogP contribution is 2.52. The van der Waals surface area contributed by atoms with Gasteiger partial charge in [0.2, 0.25) is 10.2 Å². The van der Waals surface area contributed by atoms with E-state index in [1.54, 1.807) is 20.8 Å². The molecule has 1 aromatic heterocycles. The number of nitrogens with zero attached hydrogens (tertiary/aromatic N) is 1. The molecular weight excluding hydrogens is 366 g/mol. The summed E-state index contributed by atoms with van der Waals surface area (Å²) in [6.07, 6.45) is 3.67. The van der Waals surface area contributed by atoms with E-state index < -0.39 is 9.74 Å². The standard InChI is InChI=1S/C16H22BrNO5/c1-5-22-14(20)16(17,10-6-7-10)12-18-11(9-23-12)8-15(2,3)13(19)21-4/h9-10H,5-8H2,1-4H3. The van der Waals surface area contributed by atoms with Crippen LogP contribution in [0.3, 0.4) is 0 Å². The molecule has 1 heterocycles. The minimum atomic E-state index is -1.04. The lowest BCUT2D eigenvalue weighted by Crippen LogP contribution is -2.34. The predicted octanol–water partition coefficient (Wildman–Crippen LogP) is 2.98. The normalized spacial score (nSPS) is 17.4. The van der Waals surface area contributed by atoms with E-state index >= 15 is 0 Å². The molecule has 23 heavy (non-hydrogen) atoms. The lowest BCUT2D eigenvalue weighted by Gasteiger charge is -2.21. The van der Waals surface area contributed by atoms with Gasteiger partial charge in [-0.25, -0.2) is 9.78 Å². The average Bonchev–Trinajstić information content (AvgIpc) is 3.26.